The Kier molecular flexibility index (Phi) is 4.67. The molecule has 2 aromatic heterocycles. The third-order valence-electron chi connectivity index (χ3n) is 5.11. The second kappa shape index (κ2) is 7.50. The molecule has 2 heterocycles. The van der Waals surface area contributed by atoms with Crippen molar-refractivity contribution in [3.05, 3.63) is 58.4 Å². The molecule has 1 fully saturated rings. The van der Waals surface area contributed by atoms with Crippen LogP contribution in [0.5, 0.6) is 0 Å². The fourth-order valence-corrected chi connectivity index (χ4v) is 4.27. The predicted molar refractivity (Wildman–Crippen MR) is 117 cm³/mol. The van der Waals surface area contributed by atoms with Crippen molar-refractivity contribution in [2.24, 2.45) is 0 Å². The Morgan fingerprint density at radius 2 is 1.80 bits per heavy atom. The summed E-state index contributed by atoms with van der Waals surface area (Å²) in [5.41, 5.74) is 5.45. The van der Waals surface area contributed by atoms with Gasteiger partial charge in [0.25, 0.3) is 5.89 Å². The molecule has 0 spiro atoms. The van der Waals surface area contributed by atoms with Gasteiger partial charge in [0.1, 0.15) is 0 Å². The van der Waals surface area contributed by atoms with Gasteiger partial charge in [-0.25, -0.2) is 4.98 Å². The maximum Gasteiger partial charge on any atom is 0.258 e. The van der Waals surface area contributed by atoms with Crippen LogP contribution in [0.2, 0.25) is 0 Å². The van der Waals surface area contributed by atoms with Crippen LogP contribution in [0.4, 0.5) is 5.69 Å². The van der Waals surface area contributed by atoms with E-state index >= 15 is 0 Å². The van der Waals surface area contributed by atoms with Gasteiger partial charge in [-0.1, -0.05) is 35.5 Å². The number of hydrogen-bond acceptors (Lipinski definition) is 6. The number of thiazole rings is 1. The largest absolute Gasteiger partial charge is 0.334 e. The van der Waals surface area contributed by atoms with Crippen LogP contribution in [0, 0.1) is 6.92 Å². The highest BCUT2D eigenvalue weighted by Gasteiger charge is 2.26. The van der Waals surface area contributed by atoms with Gasteiger partial charge in [0.2, 0.25) is 11.7 Å². The highest BCUT2D eigenvalue weighted by Crippen LogP contribution is 2.42. The van der Waals surface area contributed by atoms with Gasteiger partial charge in [-0.3, -0.25) is 4.79 Å². The van der Waals surface area contributed by atoms with E-state index in [1.165, 1.54) is 24.8 Å². The van der Waals surface area contributed by atoms with Crippen molar-refractivity contribution in [3.63, 3.8) is 0 Å². The molecule has 0 saturated heterocycles. The monoisotopic (exact) mass is 416 g/mol. The standard InChI is InChI=1S/C23H20N4O2S/c1-13-3-4-18(11-19(13)24-14(2)28)22-26-21(27-29-22)16-7-5-15(6-8-16)20-12-30-23(25-20)17-9-10-17/h3-8,11-12,17H,9-10H2,1-2H3,(H,24,28). The summed E-state index contributed by atoms with van der Waals surface area (Å²) in [6, 6.07) is 13.7. The third kappa shape index (κ3) is 3.76. The van der Waals surface area contributed by atoms with Gasteiger partial charge < -0.3 is 9.84 Å². The Bertz CT molecular complexity index is 1220. The first-order valence-corrected chi connectivity index (χ1v) is 10.7. The Morgan fingerprint density at radius 3 is 2.53 bits per heavy atom. The molecular weight excluding hydrogens is 396 g/mol. The van der Waals surface area contributed by atoms with Crippen LogP contribution in [-0.4, -0.2) is 21.0 Å². The molecule has 0 bridgehead atoms. The molecule has 7 heteroatoms. The van der Waals surface area contributed by atoms with Crippen LogP contribution < -0.4 is 5.32 Å². The Labute approximate surface area is 178 Å². The fraction of sp³-hybridized carbons (Fsp3) is 0.217. The molecule has 2 aromatic carbocycles. The van der Waals surface area contributed by atoms with Crippen molar-refractivity contribution in [1.82, 2.24) is 15.1 Å². The number of amides is 1. The zero-order valence-corrected chi connectivity index (χ0v) is 17.5. The van der Waals surface area contributed by atoms with Gasteiger partial charge in [0.05, 0.1) is 10.7 Å². The maximum absolute atomic E-state index is 11.4. The van der Waals surface area contributed by atoms with Crippen molar-refractivity contribution in [2.75, 3.05) is 5.32 Å². The van der Waals surface area contributed by atoms with E-state index < -0.39 is 0 Å². The van der Waals surface area contributed by atoms with E-state index in [9.17, 15) is 4.79 Å². The van der Waals surface area contributed by atoms with Crippen molar-refractivity contribution >= 4 is 22.9 Å². The number of aryl methyl sites for hydroxylation is 1. The molecule has 1 aliphatic carbocycles. The SMILES string of the molecule is CC(=O)Nc1cc(-c2nc(-c3ccc(-c4csc(C5CC5)n4)cc3)no2)ccc1C. The summed E-state index contributed by atoms with van der Waals surface area (Å²) < 4.78 is 5.47. The van der Waals surface area contributed by atoms with Crippen molar-refractivity contribution in [3.8, 4) is 34.1 Å². The lowest BCUT2D eigenvalue weighted by Gasteiger charge is -2.07. The lowest BCUT2D eigenvalue weighted by molar-refractivity contribution is -0.114. The van der Waals surface area contributed by atoms with Crippen molar-refractivity contribution in [1.29, 1.82) is 0 Å². The quantitative estimate of drug-likeness (QED) is 0.453. The first-order chi connectivity index (χ1) is 14.6. The van der Waals surface area contributed by atoms with Gasteiger partial charge in [-0.2, -0.15) is 4.98 Å². The lowest BCUT2D eigenvalue weighted by atomic mass is 10.1. The normalized spacial score (nSPS) is 13.4. The van der Waals surface area contributed by atoms with E-state index in [-0.39, 0.29) is 5.91 Å². The molecule has 0 unspecified atom stereocenters. The zero-order chi connectivity index (χ0) is 20.7. The number of nitrogens with zero attached hydrogens (tertiary/aromatic N) is 3. The number of carbonyl (C=O) groups is 1. The third-order valence-corrected chi connectivity index (χ3v) is 6.12. The lowest BCUT2D eigenvalue weighted by Crippen LogP contribution is -2.07. The molecule has 4 aromatic rings. The van der Waals surface area contributed by atoms with Crippen molar-refractivity contribution in [2.45, 2.75) is 32.6 Å². The summed E-state index contributed by atoms with van der Waals surface area (Å²) in [5.74, 6) is 1.49. The minimum Gasteiger partial charge on any atom is -0.334 e. The van der Waals surface area contributed by atoms with Crippen molar-refractivity contribution < 1.29 is 9.32 Å². The second-order valence-corrected chi connectivity index (χ2v) is 8.45. The number of benzene rings is 2. The molecular formula is C23H20N4O2S. The van der Waals surface area contributed by atoms with E-state index in [1.807, 2.05) is 49.4 Å². The van der Waals surface area contributed by atoms with Crippen LogP contribution in [0.3, 0.4) is 0 Å². The molecule has 30 heavy (non-hydrogen) atoms. The van der Waals surface area contributed by atoms with Crippen LogP contribution in [0.25, 0.3) is 34.1 Å². The van der Waals surface area contributed by atoms with Crippen LogP contribution in [0.1, 0.15) is 36.3 Å². The van der Waals surface area contributed by atoms with E-state index in [2.05, 4.69) is 20.8 Å². The highest BCUT2D eigenvalue weighted by atomic mass is 32.1. The predicted octanol–water partition coefficient (Wildman–Crippen LogP) is 5.67. The smallest absolute Gasteiger partial charge is 0.258 e. The molecule has 0 aliphatic heterocycles. The van der Waals surface area contributed by atoms with Gasteiger partial charge >= 0.3 is 0 Å². The average Bonchev–Trinajstić information content (AvgIpc) is 3.26. The molecule has 1 amide bonds. The van der Waals surface area contributed by atoms with Gasteiger partial charge in [-0.15, -0.1) is 11.3 Å². The molecule has 1 aliphatic rings. The number of aromatic nitrogens is 3. The van der Waals surface area contributed by atoms with Crippen LogP contribution >= 0.6 is 11.3 Å². The fourth-order valence-electron chi connectivity index (χ4n) is 3.27. The minimum absolute atomic E-state index is 0.120. The first-order valence-electron chi connectivity index (χ1n) is 9.85. The molecule has 1 saturated carbocycles. The van der Waals surface area contributed by atoms with Crippen LogP contribution in [0.15, 0.2) is 52.4 Å². The number of carbonyl (C=O) groups excluding carboxylic acids is 1. The van der Waals surface area contributed by atoms with E-state index in [1.54, 1.807) is 11.3 Å². The summed E-state index contributed by atoms with van der Waals surface area (Å²) in [5, 5.41) is 10.3. The molecule has 0 radical (unpaired) electrons. The topological polar surface area (TPSA) is 80.9 Å². The average molecular weight is 417 g/mol. The Hall–Kier alpha value is -3.32. The molecule has 6 nitrogen and oxygen atoms in total. The number of rotatable bonds is 5. The van der Waals surface area contributed by atoms with Gasteiger partial charge in [0, 0.05) is 40.6 Å². The minimum atomic E-state index is -0.120. The van der Waals surface area contributed by atoms with E-state index in [0.29, 0.717) is 17.6 Å². The zero-order valence-electron chi connectivity index (χ0n) is 16.7. The van der Waals surface area contributed by atoms with E-state index in [4.69, 9.17) is 9.51 Å². The second-order valence-electron chi connectivity index (χ2n) is 7.56. The summed E-state index contributed by atoms with van der Waals surface area (Å²) in [6.45, 7) is 3.42. The molecule has 150 valence electrons. The molecule has 5 rings (SSSR count). The maximum atomic E-state index is 11.4. The Morgan fingerprint density at radius 1 is 1.07 bits per heavy atom. The summed E-state index contributed by atoms with van der Waals surface area (Å²) in [4.78, 5) is 20.7. The highest BCUT2D eigenvalue weighted by molar-refractivity contribution is 7.10. The number of hydrogen-bond donors (Lipinski definition) is 1. The molecule has 0 atom stereocenters. The van der Waals surface area contributed by atoms with E-state index in [0.717, 1.165) is 33.6 Å². The summed E-state index contributed by atoms with van der Waals surface area (Å²) >= 11 is 1.75. The number of nitrogens with one attached hydrogen (secondary N) is 1. The summed E-state index contributed by atoms with van der Waals surface area (Å²) in [7, 11) is 0. The van der Waals surface area contributed by atoms with Crippen LogP contribution in [-0.2, 0) is 4.79 Å². The Balaban J connectivity index is 1.38. The molecule has 1 N–H and O–H groups in total. The summed E-state index contributed by atoms with van der Waals surface area (Å²) in [6.07, 6.45) is 2.53. The first kappa shape index (κ1) is 18.7. The van der Waals surface area contributed by atoms with Gasteiger partial charge in [-0.05, 0) is 37.5 Å². The van der Waals surface area contributed by atoms with Gasteiger partial charge in [0.15, 0.2) is 0 Å². The number of anilines is 1.